The van der Waals surface area contributed by atoms with Gasteiger partial charge in [0.05, 0.1) is 11.7 Å². The quantitative estimate of drug-likeness (QED) is 0.669. The maximum atomic E-state index is 4.06. The number of benzene rings is 1. The zero-order valence-electron chi connectivity index (χ0n) is 8.94. The van der Waals surface area contributed by atoms with Gasteiger partial charge in [0.2, 0.25) is 0 Å². The fourth-order valence-corrected chi connectivity index (χ4v) is 2.00. The molecule has 3 aromatic rings. The molecule has 0 spiro atoms. The predicted molar refractivity (Wildman–Crippen MR) is 64.1 cm³/mol. The van der Waals surface area contributed by atoms with E-state index in [2.05, 4.69) is 34.2 Å². The minimum Gasteiger partial charge on any atom is -0.278 e. The van der Waals surface area contributed by atoms with Gasteiger partial charge in [0.25, 0.3) is 0 Å². The molecule has 2 heterocycles. The van der Waals surface area contributed by atoms with Crippen LogP contribution in [0.5, 0.6) is 0 Å². The first-order valence-corrected chi connectivity index (χ1v) is 5.19. The van der Waals surface area contributed by atoms with Crippen molar-refractivity contribution >= 4 is 10.9 Å². The molecule has 0 aliphatic carbocycles. The third-order valence-electron chi connectivity index (χ3n) is 2.88. The minimum atomic E-state index is 1.08. The van der Waals surface area contributed by atoms with E-state index in [0.29, 0.717) is 0 Å². The van der Waals surface area contributed by atoms with Gasteiger partial charge in [0.1, 0.15) is 0 Å². The molecule has 0 amide bonds. The zero-order valence-corrected chi connectivity index (χ0v) is 8.94. The Morgan fingerprint density at radius 2 is 1.88 bits per heavy atom. The van der Waals surface area contributed by atoms with Crippen LogP contribution >= 0.6 is 0 Å². The van der Waals surface area contributed by atoms with Gasteiger partial charge in [-0.05, 0) is 41.8 Å². The summed E-state index contributed by atoms with van der Waals surface area (Å²) in [5.41, 5.74) is 4.75. The molecular formula is C13H11N3. The molecule has 0 bridgehead atoms. The van der Waals surface area contributed by atoms with Gasteiger partial charge in [-0.2, -0.15) is 5.10 Å². The number of rotatable bonds is 1. The van der Waals surface area contributed by atoms with E-state index in [1.807, 2.05) is 30.7 Å². The van der Waals surface area contributed by atoms with E-state index in [1.165, 1.54) is 22.1 Å². The standard InChI is InChI=1S/C13H11N3/c1-9-11(10-4-6-14-7-5-10)2-3-13-12(9)8-15-16-13/h2-8H,1H3,(H,15,16). The summed E-state index contributed by atoms with van der Waals surface area (Å²) in [6.45, 7) is 2.12. The molecule has 0 fully saturated rings. The topological polar surface area (TPSA) is 41.6 Å². The van der Waals surface area contributed by atoms with Crippen molar-refractivity contribution in [3.05, 3.63) is 48.4 Å². The lowest BCUT2D eigenvalue weighted by atomic mass is 9.99. The molecule has 0 radical (unpaired) electrons. The average molecular weight is 209 g/mol. The minimum absolute atomic E-state index is 1.08. The molecule has 16 heavy (non-hydrogen) atoms. The van der Waals surface area contributed by atoms with Gasteiger partial charge < -0.3 is 0 Å². The highest BCUT2D eigenvalue weighted by Gasteiger charge is 2.06. The monoisotopic (exact) mass is 209 g/mol. The summed E-state index contributed by atoms with van der Waals surface area (Å²) < 4.78 is 0. The number of pyridine rings is 1. The number of aryl methyl sites for hydroxylation is 1. The van der Waals surface area contributed by atoms with Crippen molar-refractivity contribution < 1.29 is 0 Å². The van der Waals surface area contributed by atoms with Gasteiger partial charge in [0, 0.05) is 17.8 Å². The van der Waals surface area contributed by atoms with E-state index < -0.39 is 0 Å². The summed E-state index contributed by atoms with van der Waals surface area (Å²) >= 11 is 0. The van der Waals surface area contributed by atoms with Crippen LogP contribution in [0.2, 0.25) is 0 Å². The van der Waals surface area contributed by atoms with Crippen LogP contribution in [-0.2, 0) is 0 Å². The van der Waals surface area contributed by atoms with E-state index in [-0.39, 0.29) is 0 Å². The maximum Gasteiger partial charge on any atom is 0.0653 e. The molecule has 0 aliphatic rings. The van der Waals surface area contributed by atoms with Gasteiger partial charge in [-0.25, -0.2) is 0 Å². The molecule has 0 saturated carbocycles. The summed E-state index contributed by atoms with van der Waals surface area (Å²) in [5.74, 6) is 0. The molecule has 0 unspecified atom stereocenters. The summed E-state index contributed by atoms with van der Waals surface area (Å²) in [6.07, 6.45) is 5.50. The van der Waals surface area contributed by atoms with Crippen molar-refractivity contribution in [3.8, 4) is 11.1 Å². The van der Waals surface area contributed by atoms with E-state index in [4.69, 9.17) is 0 Å². The Balaban J connectivity index is 2.28. The van der Waals surface area contributed by atoms with Crippen molar-refractivity contribution in [1.29, 1.82) is 0 Å². The second kappa shape index (κ2) is 3.45. The third kappa shape index (κ3) is 1.29. The van der Waals surface area contributed by atoms with Crippen LogP contribution in [-0.4, -0.2) is 15.2 Å². The SMILES string of the molecule is Cc1c(-c2ccncc2)ccc2[nH]ncc12. The Labute approximate surface area is 93.2 Å². The Kier molecular flexibility index (Phi) is 1.96. The number of hydrogen-bond acceptors (Lipinski definition) is 2. The Morgan fingerprint density at radius 3 is 2.69 bits per heavy atom. The van der Waals surface area contributed by atoms with Crippen LogP contribution in [0.4, 0.5) is 0 Å². The highest BCUT2D eigenvalue weighted by Crippen LogP contribution is 2.27. The highest BCUT2D eigenvalue weighted by atomic mass is 15.1. The van der Waals surface area contributed by atoms with Crippen molar-refractivity contribution in [2.24, 2.45) is 0 Å². The number of hydrogen-bond donors (Lipinski definition) is 1. The first-order valence-electron chi connectivity index (χ1n) is 5.19. The predicted octanol–water partition coefficient (Wildman–Crippen LogP) is 2.93. The number of nitrogens with one attached hydrogen (secondary N) is 1. The van der Waals surface area contributed by atoms with Crippen molar-refractivity contribution in [2.75, 3.05) is 0 Å². The Bertz CT molecular complexity index is 626. The number of H-pyrrole nitrogens is 1. The molecule has 3 nitrogen and oxygen atoms in total. The van der Waals surface area contributed by atoms with E-state index in [1.54, 1.807) is 0 Å². The van der Waals surface area contributed by atoms with Crippen LogP contribution < -0.4 is 0 Å². The van der Waals surface area contributed by atoms with Crippen LogP contribution in [0.25, 0.3) is 22.0 Å². The summed E-state index contributed by atoms with van der Waals surface area (Å²) in [5, 5.41) is 8.21. The number of aromatic amines is 1. The second-order valence-electron chi connectivity index (χ2n) is 3.81. The number of fused-ring (bicyclic) bond motifs is 1. The molecule has 3 heteroatoms. The van der Waals surface area contributed by atoms with Crippen LogP contribution in [0.1, 0.15) is 5.56 Å². The van der Waals surface area contributed by atoms with Gasteiger partial charge in [-0.1, -0.05) is 6.07 Å². The van der Waals surface area contributed by atoms with Gasteiger partial charge in [0.15, 0.2) is 0 Å². The van der Waals surface area contributed by atoms with E-state index in [9.17, 15) is 0 Å². The van der Waals surface area contributed by atoms with Crippen LogP contribution in [0.15, 0.2) is 42.9 Å². The fourth-order valence-electron chi connectivity index (χ4n) is 2.00. The van der Waals surface area contributed by atoms with E-state index in [0.717, 1.165) is 5.52 Å². The smallest absolute Gasteiger partial charge is 0.0653 e. The molecular weight excluding hydrogens is 198 g/mol. The first-order chi connectivity index (χ1) is 7.86. The van der Waals surface area contributed by atoms with Gasteiger partial charge in [-0.15, -0.1) is 0 Å². The third-order valence-corrected chi connectivity index (χ3v) is 2.88. The van der Waals surface area contributed by atoms with E-state index >= 15 is 0 Å². The highest BCUT2D eigenvalue weighted by molar-refractivity contribution is 5.88. The summed E-state index contributed by atoms with van der Waals surface area (Å²) in [6, 6.07) is 8.22. The lowest BCUT2D eigenvalue weighted by Crippen LogP contribution is -1.84. The van der Waals surface area contributed by atoms with Crippen molar-refractivity contribution in [3.63, 3.8) is 0 Å². The molecule has 2 aromatic heterocycles. The van der Waals surface area contributed by atoms with Gasteiger partial charge in [-0.3, -0.25) is 10.1 Å². The molecule has 1 aromatic carbocycles. The number of nitrogens with zero attached hydrogens (tertiary/aromatic N) is 2. The first kappa shape index (κ1) is 9.09. The molecule has 0 aliphatic heterocycles. The lowest BCUT2D eigenvalue weighted by Gasteiger charge is -2.06. The largest absolute Gasteiger partial charge is 0.278 e. The Morgan fingerprint density at radius 1 is 1.06 bits per heavy atom. The molecule has 78 valence electrons. The van der Waals surface area contributed by atoms with Crippen molar-refractivity contribution in [2.45, 2.75) is 6.92 Å². The molecule has 0 atom stereocenters. The molecule has 0 saturated heterocycles. The number of aromatic nitrogens is 3. The van der Waals surface area contributed by atoms with Crippen molar-refractivity contribution in [1.82, 2.24) is 15.2 Å². The molecule has 3 rings (SSSR count). The van der Waals surface area contributed by atoms with Crippen LogP contribution in [0, 0.1) is 6.92 Å². The molecule has 1 N–H and O–H groups in total. The van der Waals surface area contributed by atoms with Crippen LogP contribution in [0.3, 0.4) is 0 Å². The van der Waals surface area contributed by atoms with Gasteiger partial charge >= 0.3 is 0 Å². The lowest BCUT2D eigenvalue weighted by molar-refractivity contribution is 1.12. The maximum absolute atomic E-state index is 4.06. The summed E-state index contributed by atoms with van der Waals surface area (Å²) in [4.78, 5) is 4.03. The Hall–Kier alpha value is -2.16. The second-order valence-corrected chi connectivity index (χ2v) is 3.81. The zero-order chi connectivity index (χ0) is 11.0. The summed E-state index contributed by atoms with van der Waals surface area (Å²) in [7, 11) is 0. The fraction of sp³-hybridized carbons (Fsp3) is 0.0769. The normalized spacial score (nSPS) is 10.8. The average Bonchev–Trinajstić information content (AvgIpc) is 2.80.